The van der Waals surface area contributed by atoms with E-state index in [2.05, 4.69) is 16.0 Å². The third kappa shape index (κ3) is 6.22. The highest BCUT2D eigenvalue weighted by atomic mass is 35.5. The van der Waals surface area contributed by atoms with Crippen molar-refractivity contribution < 1.29 is 9.59 Å². The molecule has 1 rings (SSSR count). The topological polar surface area (TPSA) is 70.2 Å². The summed E-state index contributed by atoms with van der Waals surface area (Å²) >= 11 is 5.73. The molecule has 0 aromatic heterocycles. The molecule has 0 bridgehead atoms. The number of anilines is 1. The summed E-state index contributed by atoms with van der Waals surface area (Å²) in [5.74, 6) is -0.220. The van der Waals surface area contributed by atoms with Gasteiger partial charge in [-0.3, -0.25) is 9.59 Å². The van der Waals surface area contributed by atoms with E-state index < -0.39 is 0 Å². The van der Waals surface area contributed by atoms with E-state index in [4.69, 9.17) is 11.6 Å². The number of carbonyl (C=O) groups is 2. The van der Waals surface area contributed by atoms with E-state index in [9.17, 15) is 9.59 Å². The maximum atomic E-state index is 11.5. The first kappa shape index (κ1) is 14.5. The summed E-state index contributed by atoms with van der Waals surface area (Å²) in [7, 11) is 0. The number of nitrogens with one attached hydrogen (secondary N) is 3. The normalized spacial score (nSPS) is 9.89. The van der Waals surface area contributed by atoms with Crippen molar-refractivity contribution in [1.29, 1.82) is 0 Å². The highest BCUT2D eigenvalue weighted by Gasteiger charge is 2.01. The van der Waals surface area contributed by atoms with Gasteiger partial charge in [-0.15, -0.1) is 0 Å². The molecule has 0 spiro atoms. The van der Waals surface area contributed by atoms with Crippen molar-refractivity contribution in [3.05, 3.63) is 29.3 Å². The Morgan fingerprint density at radius 3 is 2.44 bits per heavy atom. The van der Waals surface area contributed by atoms with Crippen LogP contribution in [0.1, 0.15) is 6.92 Å². The Bertz CT molecular complexity index is 406. The van der Waals surface area contributed by atoms with Crippen LogP contribution in [0, 0.1) is 0 Å². The summed E-state index contributed by atoms with van der Waals surface area (Å²) < 4.78 is 0. The summed E-state index contributed by atoms with van der Waals surface area (Å²) in [6.07, 6.45) is 0. The van der Waals surface area contributed by atoms with Crippen molar-refractivity contribution in [2.24, 2.45) is 0 Å². The quantitative estimate of drug-likeness (QED) is 0.675. The molecule has 18 heavy (non-hydrogen) atoms. The van der Waals surface area contributed by atoms with Gasteiger partial charge in [0, 0.05) is 30.7 Å². The van der Waals surface area contributed by atoms with E-state index in [1.807, 2.05) is 0 Å². The van der Waals surface area contributed by atoms with E-state index in [0.29, 0.717) is 23.8 Å². The van der Waals surface area contributed by atoms with Gasteiger partial charge < -0.3 is 16.0 Å². The first-order chi connectivity index (χ1) is 8.58. The van der Waals surface area contributed by atoms with Crippen molar-refractivity contribution in [3.8, 4) is 0 Å². The van der Waals surface area contributed by atoms with Gasteiger partial charge in [-0.25, -0.2) is 0 Å². The molecule has 5 nitrogen and oxygen atoms in total. The van der Waals surface area contributed by atoms with E-state index in [-0.39, 0.29) is 18.4 Å². The van der Waals surface area contributed by atoms with Crippen LogP contribution >= 0.6 is 11.6 Å². The molecular weight excluding hydrogens is 254 g/mol. The minimum Gasteiger partial charge on any atom is -0.355 e. The lowest BCUT2D eigenvalue weighted by molar-refractivity contribution is -0.118. The molecule has 0 aliphatic carbocycles. The number of amides is 2. The van der Waals surface area contributed by atoms with E-state index in [1.54, 1.807) is 24.3 Å². The summed E-state index contributed by atoms with van der Waals surface area (Å²) in [6, 6.07) is 6.89. The third-order valence-electron chi connectivity index (χ3n) is 2.09. The fourth-order valence-corrected chi connectivity index (χ4v) is 1.39. The Labute approximate surface area is 111 Å². The van der Waals surface area contributed by atoms with Crippen molar-refractivity contribution in [2.45, 2.75) is 6.92 Å². The minimum atomic E-state index is -0.139. The molecule has 1 aromatic rings. The molecule has 0 saturated carbocycles. The Kier molecular flexibility index (Phi) is 6.18. The minimum absolute atomic E-state index is 0.0811. The van der Waals surface area contributed by atoms with E-state index in [0.717, 1.165) is 0 Å². The van der Waals surface area contributed by atoms with Crippen LogP contribution in [0.3, 0.4) is 0 Å². The molecular formula is C12H16ClN3O2. The zero-order chi connectivity index (χ0) is 13.4. The average molecular weight is 270 g/mol. The molecule has 2 amide bonds. The fraction of sp³-hybridized carbons (Fsp3) is 0.333. The summed E-state index contributed by atoms with van der Waals surface area (Å²) in [6.45, 7) is 2.70. The van der Waals surface area contributed by atoms with Crippen LogP contribution < -0.4 is 16.0 Å². The van der Waals surface area contributed by atoms with Gasteiger partial charge in [0.1, 0.15) is 0 Å². The van der Waals surface area contributed by atoms with Crippen molar-refractivity contribution >= 4 is 29.1 Å². The molecule has 0 heterocycles. The van der Waals surface area contributed by atoms with E-state index in [1.165, 1.54) is 6.92 Å². The van der Waals surface area contributed by atoms with Gasteiger partial charge in [-0.2, -0.15) is 0 Å². The van der Waals surface area contributed by atoms with Crippen LogP contribution in [-0.2, 0) is 9.59 Å². The van der Waals surface area contributed by atoms with Crippen molar-refractivity contribution in [3.63, 3.8) is 0 Å². The summed E-state index contributed by atoms with van der Waals surface area (Å²) in [4.78, 5) is 22.1. The van der Waals surface area contributed by atoms with Crippen molar-refractivity contribution in [1.82, 2.24) is 10.6 Å². The molecule has 0 aliphatic heterocycles. The molecule has 1 aromatic carbocycles. The number of halogens is 1. The maximum Gasteiger partial charge on any atom is 0.238 e. The van der Waals surface area contributed by atoms with Gasteiger partial charge in [-0.1, -0.05) is 11.6 Å². The number of carbonyl (C=O) groups excluding carboxylic acids is 2. The largest absolute Gasteiger partial charge is 0.355 e. The van der Waals surface area contributed by atoms with Crippen LogP contribution in [0.15, 0.2) is 24.3 Å². The molecule has 3 N–H and O–H groups in total. The number of rotatable bonds is 6. The van der Waals surface area contributed by atoms with Crippen LogP contribution in [0.5, 0.6) is 0 Å². The zero-order valence-electron chi connectivity index (χ0n) is 10.1. The molecule has 0 atom stereocenters. The second kappa shape index (κ2) is 7.68. The highest BCUT2D eigenvalue weighted by molar-refractivity contribution is 6.30. The Balaban J connectivity index is 2.17. The SMILES string of the molecule is CC(=O)NCCNCC(=O)Nc1ccc(Cl)cc1. The maximum absolute atomic E-state index is 11.5. The van der Waals surface area contributed by atoms with Gasteiger partial charge in [0.25, 0.3) is 0 Å². The first-order valence-electron chi connectivity index (χ1n) is 5.58. The predicted octanol–water partition coefficient (Wildman–Crippen LogP) is 1.00. The Morgan fingerprint density at radius 2 is 1.83 bits per heavy atom. The molecule has 0 fully saturated rings. The van der Waals surface area contributed by atoms with Gasteiger partial charge in [0.05, 0.1) is 6.54 Å². The second-order valence-electron chi connectivity index (χ2n) is 3.71. The van der Waals surface area contributed by atoms with Gasteiger partial charge in [0.2, 0.25) is 11.8 Å². The zero-order valence-corrected chi connectivity index (χ0v) is 10.9. The lowest BCUT2D eigenvalue weighted by Crippen LogP contribution is -2.34. The monoisotopic (exact) mass is 269 g/mol. The van der Waals surface area contributed by atoms with Gasteiger partial charge in [0.15, 0.2) is 0 Å². The number of hydrogen-bond donors (Lipinski definition) is 3. The van der Waals surface area contributed by atoms with Crippen LogP contribution in [-0.4, -0.2) is 31.4 Å². The van der Waals surface area contributed by atoms with Crippen molar-refractivity contribution in [2.75, 3.05) is 25.0 Å². The molecule has 0 unspecified atom stereocenters. The summed E-state index contributed by atoms with van der Waals surface area (Å²) in [5, 5.41) is 8.89. The Hall–Kier alpha value is -1.59. The lowest BCUT2D eigenvalue weighted by Gasteiger charge is -2.07. The lowest BCUT2D eigenvalue weighted by atomic mass is 10.3. The predicted molar refractivity (Wildman–Crippen MR) is 71.6 cm³/mol. The number of hydrogen-bond acceptors (Lipinski definition) is 3. The van der Waals surface area contributed by atoms with Gasteiger partial charge in [-0.05, 0) is 24.3 Å². The third-order valence-corrected chi connectivity index (χ3v) is 2.34. The van der Waals surface area contributed by atoms with Gasteiger partial charge >= 0.3 is 0 Å². The number of benzene rings is 1. The van der Waals surface area contributed by atoms with E-state index >= 15 is 0 Å². The van der Waals surface area contributed by atoms with Crippen LogP contribution in [0.25, 0.3) is 0 Å². The second-order valence-corrected chi connectivity index (χ2v) is 4.15. The molecule has 0 saturated heterocycles. The fourth-order valence-electron chi connectivity index (χ4n) is 1.27. The molecule has 98 valence electrons. The van der Waals surface area contributed by atoms with Crippen LogP contribution in [0.2, 0.25) is 5.02 Å². The first-order valence-corrected chi connectivity index (χ1v) is 5.96. The Morgan fingerprint density at radius 1 is 1.17 bits per heavy atom. The smallest absolute Gasteiger partial charge is 0.238 e. The molecule has 0 aliphatic rings. The highest BCUT2D eigenvalue weighted by Crippen LogP contribution is 2.12. The standard InChI is InChI=1S/C12H16ClN3O2/c1-9(17)15-7-6-14-8-12(18)16-11-4-2-10(13)3-5-11/h2-5,14H,6-8H2,1H3,(H,15,17)(H,16,18). The average Bonchev–Trinajstić information content (AvgIpc) is 2.31. The molecule has 6 heteroatoms. The van der Waals surface area contributed by atoms with Crippen LogP contribution in [0.4, 0.5) is 5.69 Å². The molecule has 0 radical (unpaired) electrons. The summed E-state index contributed by atoms with van der Waals surface area (Å²) in [5.41, 5.74) is 0.702.